The van der Waals surface area contributed by atoms with E-state index in [0.29, 0.717) is 6.61 Å². The number of carbonyl (C=O) groups is 1. The van der Waals surface area contributed by atoms with Gasteiger partial charge in [-0.25, -0.2) is 0 Å². The molecular weight excluding hydrogens is 356 g/mol. The Morgan fingerprint density at radius 2 is 2.25 bits per heavy atom. The number of rotatable bonds is 1. The molecule has 5 bridgehead atoms. The third-order valence-corrected chi connectivity index (χ3v) is 8.67. The van der Waals surface area contributed by atoms with E-state index in [-0.39, 0.29) is 23.7 Å². The zero-order valence-corrected chi connectivity index (χ0v) is 16.6. The highest BCUT2D eigenvalue weighted by molar-refractivity contribution is 5.86. The summed E-state index contributed by atoms with van der Waals surface area (Å²) in [5, 5.41) is 10.4. The molecule has 148 valence electrons. The van der Waals surface area contributed by atoms with Gasteiger partial charge < -0.3 is 19.5 Å². The number of hydrogen-bond donors (Lipinski definition) is 1. The molecule has 6 heteroatoms. The van der Waals surface area contributed by atoms with Crippen molar-refractivity contribution in [3.05, 3.63) is 35.4 Å². The first-order valence-electron chi connectivity index (χ1n) is 10.2. The molecule has 4 fully saturated rings. The molecule has 1 aliphatic carbocycles. The number of allylic oxidation sites excluding steroid dienone is 1. The molecule has 4 aliphatic heterocycles. The largest absolute Gasteiger partial charge is 0.508 e. The highest BCUT2D eigenvalue weighted by atomic mass is 16.6. The molecule has 0 spiro atoms. The number of hydrogen-bond acceptors (Lipinski definition) is 6. The first-order valence-corrected chi connectivity index (χ1v) is 10.2. The Kier molecular flexibility index (Phi) is 2.96. The summed E-state index contributed by atoms with van der Waals surface area (Å²) in [4.78, 5) is 18.4. The van der Waals surface area contributed by atoms with Gasteiger partial charge in [0.25, 0.3) is 0 Å². The quantitative estimate of drug-likeness (QED) is 0.592. The van der Waals surface area contributed by atoms with Crippen molar-refractivity contribution in [2.45, 2.75) is 36.9 Å². The zero-order valence-electron chi connectivity index (χ0n) is 16.6. The normalized spacial score (nSPS) is 44.0. The summed E-state index contributed by atoms with van der Waals surface area (Å²) in [7, 11) is 3.58. The lowest BCUT2D eigenvalue weighted by Crippen LogP contribution is -2.80. The summed E-state index contributed by atoms with van der Waals surface area (Å²) in [6.07, 6.45) is 3.92. The van der Waals surface area contributed by atoms with Gasteiger partial charge in [-0.3, -0.25) is 9.69 Å². The molecule has 6 nitrogen and oxygen atoms in total. The number of likely N-dealkylation sites (N-methyl/N-ethyl adjacent to an activating group) is 1. The maximum atomic E-state index is 13.6. The Bertz CT molecular complexity index is 944. The highest BCUT2D eigenvalue weighted by Crippen LogP contribution is 2.76. The minimum atomic E-state index is -0.764. The van der Waals surface area contributed by atoms with E-state index in [1.54, 1.807) is 6.07 Å². The fraction of sp³-hybridized carbons (Fsp3) is 0.591. The van der Waals surface area contributed by atoms with Crippen LogP contribution in [0.15, 0.2) is 29.8 Å². The van der Waals surface area contributed by atoms with Gasteiger partial charge in [-0.1, -0.05) is 11.6 Å². The SMILES string of the molecule is C/C=C1\CN2CC[C@@]34c5cc(O)ccc5N(C)[C@]35OCC4(C(=O)OC)[C@@H]1CC25. The molecule has 1 N–H and O–H groups in total. The minimum Gasteiger partial charge on any atom is -0.508 e. The number of piperidine rings is 2. The van der Waals surface area contributed by atoms with Gasteiger partial charge in [0.05, 0.1) is 25.2 Å². The molecule has 28 heavy (non-hydrogen) atoms. The van der Waals surface area contributed by atoms with Crippen LogP contribution in [-0.2, 0) is 19.7 Å². The number of nitrogens with zero attached hydrogens (tertiary/aromatic N) is 2. The smallest absolute Gasteiger partial charge is 0.315 e. The van der Waals surface area contributed by atoms with E-state index in [4.69, 9.17) is 9.47 Å². The Hall–Kier alpha value is -2.05. The lowest BCUT2D eigenvalue weighted by atomic mass is 9.43. The number of phenols is 1. The summed E-state index contributed by atoms with van der Waals surface area (Å²) in [5.41, 5.74) is 1.54. The Labute approximate surface area is 164 Å². The van der Waals surface area contributed by atoms with E-state index in [0.717, 1.165) is 37.2 Å². The van der Waals surface area contributed by atoms with Crippen LogP contribution in [0.3, 0.4) is 0 Å². The second kappa shape index (κ2) is 4.92. The molecule has 5 aliphatic rings. The summed E-state index contributed by atoms with van der Waals surface area (Å²) in [6.45, 7) is 4.25. The summed E-state index contributed by atoms with van der Waals surface area (Å²) < 4.78 is 12.2. The standard InChI is InChI=1S/C22H26N2O4/c1-4-13-11-24-8-7-21-16-9-14(25)5-6-17(16)23(2)22(21)18(24)10-15(13)20(21,12-28-22)19(26)27-3/h4-6,9,15,18,25H,7-8,10-12H2,1-3H3/b13-4+/t15-,18?,20?,21+,22-/m1/s1. The van der Waals surface area contributed by atoms with Gasteiger partial charge in [0.2, 0.25) is 0 Å². The van der Waals surface area contributed by atoms with Crippen LogP contribution in [0.4, 0.5) is 5.69 Å². The average Bonchev–Trinajstić information content (AvgIpc) is 3.08. The zero-order chi connectivity index (χ0) is 19.5. The maximum Gasteiger partial charge on any atom is 0.315 e. The molecule has 5 atom stereocenters. The molecule has 4 heterocycles. The molecular formula is C22H26N2O4. The van der Waals surface area contributed by atoms with Crippen LogP contribution in [0.25, 0.3) is 0 Å². The molecule has 2 unspecified atom stereocenters. The van der Waals surface area contributed by atoms with Crippen LogP contribution in [0.2, 0.25) is 0 Å². The van der Waals surface area contributed by atoms with E-state index in [1.807, 2.05) is 12.1 Å². The number of ether oxygens (including phenoxy) is 2. The lowest BCUT2D eigenvalue weighted by molar-refractivity contribution is -0.184. The van der Waals surface area contributed by atoms with E-state index in [9.17, 15) is 9.90 Å². The van der Waals surface area contributed by atoms with Gasteiger partial charge >= 0.3 is 5.97 Å². The topological polar surface area (TPSA) is 62.2 Å². The first kappa shape index (κ1) is 16.9. The monoisotopic (exact) mass is 382 g/mol. The number of esters is 1. The molecule has 1 aromatic rings. The molecule has 0 amide bonds. The molecule has 0 radical (unpaired) electrons. The predicted molar refractivity (Wildman–Crippen MR) is 103 cm³/mol. The second-order valence-electron chi connectivity index (χ2n) is 9.00. The second-order valence-corrected chi connectivity index (χ2v) is 9.00. The highest BCUT2D eigenvalue weighted by Gasteiger charge is 2.86. The van der Waals surface area contributed by atoms with Crippen molar-refractivity contribution in [1.29, 1.82) is 0 Å². The van der Waals surface area contributed by atoms with Crippen molar-refractivity contribution in [3.8, 4) is 5.75 Å². The van der Waals surface area contributed by atoms with E-state index >= 15 is 0 Å². The van der Waals surface area contributed by atoms with Gasteiger partial charge in [-0.2, -0.15) is 0 Å². The fourth-order valence-corrected chi connectivity index (χ4v) is 7.78. The summed E-state index contributed by atoms with van der Waals surface area (Å²) >= 11 is 0. The van der Waals surface area contributed by atoms with Crippen molar-refractivity contribution in [3.63, 3.8) is 0 Å². The number of phenolic OH excluding ortho intramolecular Hbond substituents is 1. The van der Waals surface area contributed by atoms with Crippen molar-refractivity contribution in [1.82, 2.24) is 4.90 Å². The number of aromatic hydroxyl groups is 1. The molecule has 3 saturated heterocycles. The van der Waals surface area contributed by atoms with Crippen LogP contribution in [0, 0.1) is 11.3 Å². The Balaban J connectivity index is 1.75. The van der Waals surface area contributed by atoms with E-state index < -0.39 is 16.6 Å². The van der Waals surface area contributed by atoms with Crippen LogP contribution in [0.5, 0.6) is 5.75 Å². The number of fused-ring (bicyclic) bond motifs is 3. The molecule has 6 rings (SSSR count). The first-order chi connectivity index (χ1) is 13.5. The van der Waals surface area contributed by atoms with Crippen molar-refractivity contribution >= 4 is 11.7 Å². The van der Waals surface area contributed by atoms with E-state index in [2.05, 4.69) is 29.8 Å². The third-order valence-electron chi connectivity index (χ3n) is 8.67. The van der Waals surface area contributed by atoms with Crippen molar-refractivity contribution < 1.29 is 19.4 Å². The molecule has 0 aromatic heterocycles. The number of benzene rings is 1. The fourth-order valence-electron chi connectivity index (χ4n) is 7.78. The van der Waals surface area contributed by atoms with Gasteiger partial charge in [-0.15, -0.1) is 0 Å². The molecule has 1 aromatic carbocycles. The number of methoxy groups -OCH3 is 1. The van der Waals surface area contributed by atoms with Gasteiger partial charge in [0.15, 0.2) is 5.72 Å². The van der Waals surface area contributed by atoms with Crippen molar-refractivity contribution in [2.75, 3.05) is 38.8 Å². The van der Waals surface area contributed by atoms with Gasteiger partial charge in [0, 0.05) is 31.7 Å². The summed E-state index contributed by atoms with van der Waals surface area (Å²) in [6, 6.07) is 5.79. The number of carbonyl (C=O) groups excluding carboxylic acids is 1. The van der Waals surface area contributed by atoms with Gasteiger partial charge in [-0.05, 0) is 43.5 Å². The van der Waals surface area contributed by atoms with E-state index in [1.165, 1.54) is 12.7 Å². The van der Waals surface area contributed by atoms with Gasteiger partial charge in [0.1, 0.15) is 11.2 Å². The Morgan fingerprint density at radius 1 is 1.43 bits per heavy atom. The lowest BCUT2D eigenvalue weighted by Gasteiger charge is -2.66. The molecule has 1 saturated carbocycles. The van der Waals surface area contributed by atoms with Crippen LogP contribution in [-0.4, -0.2) is 61.6 Å². The average molecular weight is 382 g/mol. The van der Waals surface area contributed by atoms with Crippen LogP contribution >= 0.6 is 0 Å². The minimum absolute atomic E-state index is 0.101. The van der Waals surface area contributed by atoms with Crippen molar-refractivity contribution in [2.24, 2.45) is 11.3 Å². The summed E-state index contributed by atoms with van der Waals surface area (Å²) in [5.74, 6) is 0.170. The number of anilines is 1. The van der Waals surface area contributed by atoms with Crippen LogP contribution in [0.1, 0.15) is 25.3 Å². The predicted octanol–water partition coefficient (Wildman–Crippen LogP) is 2.02. The maximum absolute atomic E-state index is 13.6. The third kappa shape index (κ3) is 1.37. The Morgan fingerprint density at radius 3 is 3.00 bits per heavy atom. The van der Waals surface area contributed by atoms with Crippen LogP contribution < -0.4 is 4.90 Å².